The topological polar surface area (TPSA) is 65.8 Å². The van der Waals surface area contributed by atoms with Gasteiger partial charge in [-0.1, -0.05) is 43.4 Å². The Kier molecular flexibility index (Phi) is 4.89. The van der Waals surface area contributed by atoms with Crippen molar-refractivity contribution in [2.24, 2.45) is 16.7 Å². The molecule has 0 unspecified atom stereocenters. The molecule has 38 heavy (non-hydrogen) atoms. The Morgan fingerprint density at radius 2 is 1.92 bits per heavy atom. The Labute approximate surface area is 224 Å². The largest absolute Gasteiger partial charge is 0.396 e. The normalized spacial score (nSPS) is 40.7. The van der Waals surface area contributed by atoms with Crippen molar-refractivity contribution in [2.45, 2.75) is 68.6 Å². The van der Waals surface area contributed by atoms with Crippen LogP contribution in [0.5, 0.6) is 0 Å². The molecule has 2 aromatic rings. The molecule has 5 heteroatoms. The number of aliphatic hydroxyl groups is 2. The van der Waals surface area contributed by atoms with Gasteiger partial charge in [-0.2, -0.15) is 0 Å². The van der Waals surface area contributed by atoms with Crippen molar-refractivity contribution in [1.82, 2.24) is 9.88 Å². The summed E-state index contributed by atoms with van der Waals surface area (Å²) in [5.74, 6) is 1.05. The number of aromatic nitrogens is 1. The molecular formula is C33H38N2O3. The van der Waals surface area contributed by atoms with Gasteiger partial charge >= 0.3 is 0 Å². The first-order valence-corrected chi connectivity index (χ1v) is 14.5. The average Bonchev–Trinajstić information content (AvgIpc) is 3.43. The molecule has 1 aromatic carbocycles. The minimum Gasteiger partial charge on any atom is -0.396 e. The van der Waals surface area contributed by atoms with Gasteiger partial charge in [-0.3, -0.25) is 9.88 Å². The summed E-state index contributed by atoms with van der Waals surface area (Å²) in [4.78, 5) is 6.79. The summed E-state index contributed by atoms with van der Waals surface area (Å²) in [6, 6.07) is 9.42. The fourth-order valence-corrected chi connectivity index (χ4v) is 9.46. The minimum atomic E-state index is -0.343. The second kappa shape index (κ2) is 7.88. The van der Waals surface area contributed by atoms with Crippen molar-refractivity contribution >= 4 is 10.8 Å². The number of benzene rings is 1. The molecule has 8 rings (SSSR count). The van der Waals surface area contributed by atoms with E-state index >= 15 is 0 Å². The second-order valence-corrected chi connectivity index (χ2v) is 13.5. The van der Waals surface area contributed by atoms with Crippen LogP contribution < -0.4 is 0 Å². The van der Waals surface area contributed by atoms with Gasteiger partial charge in [0, 0.05) is 42.3 Å². The number of hydrogen-bond donors (Lipinski definition) is 2. The first-order chi connectivity index (χ1) is 18.4. The average molecular weight is 511 g/mol. The van der Waals surface area contributed by atoms with E-state index in [9.17, 15) is 10.2 Å². The maximum atomic E-state index is 9.79. The molecule has 0 radical (unpaired) electrons. The number of allylic oxidation sites excluding steroid dienone is 1. The molecule has 6 aliphatic rings. The Morgan fingerprint density at radius 3 is 2.76 bits per heavy atom. The second-order valence-electron chi connectivity index (χ2n) is 13.5. The van der Waals surface area contributed by atoms with Gasteiger partial charge in [-0.15, -0.1) is 0 Å². The number of ether oxygens (including phenoxy) is 1. The molecule has 2 saturated heterocycles. The maximum absolute atomic E-state index is 9.79. The highest BCUT2D eigenvalue weighted by Gasteiger charge is 2.66. The number of rotatable bonds is 4. The summed E-state index contributed by atoms with van der Waals surface area (Å²) >= 11 is 0. The number of aliphatic hydroxyl groups excluding tert-OH is 2. The molecule has 1 aromatic heterocycles. The van der Waals surface area contributed by atoms with Crippen LogP contribution in [0, 0.1) is 16.7 Å². The Morgan fingerprint density at radius 1 is 1.05 bits per heavy atom. The highest BCUT2D eigenvalue weighted by Crippen LogP contribution is 2.69. The summed E-state index contributed by atoms with van der Waals surface area (Å²) in [7, 11) is 0. The zero-order valence-corrected chi connectivity index (χ0v) is 22.3. The number of pyridine rings is 1. The fraction of sp³-hybridized carbons (Fsp3) is 0.545. The van der Waals surface area contributed by atoms with Crippen LogP contribution in [0.1, 0.15) is 56.9 Å². The van der Waals surface area contributed by atoms with E-state index < -0.39 is 0 Å². The van der Waals surface area contributed by atoms with Crippen molar-refractivity contribution < 1.29 is 14.9 Å². The third-order valence-corrected chi connectivity index (χ3v) is 11.6. The molecule has 0 amide bonds. The molecule has 3 aliphatic carbocycles. The lowest BCUT2D eigenvalue weighted by Crippen LogP contribution is -2.64. The molecule has 3 aliphatic heterocycles. The van der Waals surface area contributed by atoms with Crippen molar-refractivity contribution in [3.8, 4) is 0 Å². The van der Waals surface area contributed by atoms with Gasteiger partial charge in [0.1, 0.15) is 0 Å². The predicted octanol–water partition coefficient (Wildman–Crippen LogP) is 4.91. The van der Waals surface area contributed by atoms with Gasteiger partial charge in [-0.25, -0.2) is 0 Å². The standard InChI is InChI=1S/C33H38N2O3/c1-30-10-8-26-15-25-4-5-27(35-18-31(19-35,20-36)21-37)16-32(25)11-12-33(26,38-32)29(30)7-6-28(30)23-3-2-22-9-13-34-17-24(22)14-23/h2-5,8-9,13-15,17,27-29,36-37H,6-7,10-12,16,18-21H2,1H3/t27-,28-,29-,30-,32-,33-/m1/s1. The lowest BCUT2D eigenvalue weighted by molar-refractivity contribution is -0.143. The zero-order chi connectivity index (χ0) is 25.8. The third-order valence-electron chi connectivity index (χ3n) is 11.6. The first-order valence-electron chi connectivity index (χ1n) is 14.5. The highest BCUT2D eigenvalue weighted by molar-refractivity contribution is 5.82. The molecular weight excluding hydrogens is 472 g/mol. The third kappa shape index (κ3) is 2.99. The van der Waals surface area contributed by atoms with E-state index in [1.807, 2.05) is 12.4 Å². The van der Waals surface area contributed by atoms with Crippen LogP contribution in [0.2, 0.25) is 0 Å². The zero-order valence-electron chi connectivity index (χ0n) is 22.3. The van der Waals surface area contributed by atoms with Gasteiger partial charge in [0.25, 0.3) is 0 Å². The SMILES string of the molecule is C[C@]12CC=C3C=C4C=C[C@@H](N5CC(CO)(CO)C5)C[C@]45CC[C@]3(O5)[C@@H]1CC[C@@H]2c1ccc2ccncc2c1. The van der Waals surface area contributed by atoms with Crippen LogP contribution in [0.15, 0.2) is 72.1 Å². The molecule has 2 spiro atoms. The summed E-state index contributed by atoms with van der Waals surface area (Å²) in [5, 5.41) is 22.1. The molecule has 5 nitrogen and oxygen atoms in total. The van der Waals surface area contributed by atoms with Crippen LogP contribution in [-0.2, 0) is 4.74 Å². The van der Waals surface area contributed by atoms with Crippen LogP contribution >= 0.6 is 0 Å². The molecule has 2 bridgehead atoms. The molecule has 1 saturated carbocycles. The van der Waals surface area contributed by atoms with Gasteiger partial charge in [0.15, 0.2) is 0 Å². The summed E-state index contributed by atoms with van der Waals surface area (Å²) < 4.78 is 7.44. The molecule has 2 N–H and O–H groups in total. The number of nitrogens with zero attached hydrogens (tertiary/aromatic N) is 2. The molecule has 198 valence electrons. The van der Waals surface area contributed by atoms with E-state index in [1.165, 1.54) is 40.3 Å². The fourth-order valence-electron chi connectivity index (χ4n) is 9.46. The quantitative estimate of drug-likeness (QED) is 0.612. The Balaban J connectivity index is 1.11. The molecule has 4 heterocycles. The lowest BCUT2D eigenvalue weighted by atomic mass is 9.58. The number of likely N-dealkylation sites (tertiary alicyclic amines) is 1. The number of hydrogen-bond acceptors (Lipinski definition) is 5. The van der Waals surface area contributed by atoms with Gasteiger partial charge in [-0.05, 0) is 90.0 Å². The van der Waals surface area contributed by atoms with E-state index in [-0.39, 0.29) is 35.2 Å². The molecule has 3 fully saturated rings. The van der Waals surface area contributed by atoms with Crippen LogP contribution in [0.3, 0.4) is 0 Å². The first kappa shape index (κ1) is 23.6. The van der Waals surface area contributed by atoms with Crippen molar-refractivity contribution in [1.29, 1.82) is 0 Å². The van der Waals surface area contributed by atoms with E-state index in [1.54, 1.807) is 0 Å². The summed E-state index contributed by atoms with van der Waals surface area (Å²) in [5.41, 5.74) is 3.69. The summed E-state index contributed by atoms with van der Waals surface area (Å²) in [6.45, 7) is 4.14. The van der Waals surface area contributed by atoms with Crippen LogP contribution in [-0.4, -0.2) is 63.6 Å². The lowest BCUT2D eigenvalue weighted by Gasteiger charge is -2.56. The smallest absolute Gasteiger partial charge is 0.0975 e. The van der Waals surface area contributed by atoms with Crippen LogP contribution in [0.4, 0.5) is 0 Å². The highest BCUT2D eigenvalue weighted by atomic mass is 16.5. The molecule has 6 atom stereocenters. The van der Waals surface area contributed by atoms with E-state index in [2.05, 4.69) is 65.4 Å². The van der Waals surface area contributed by atoms with Gasteiger partial charge < -0.3 is 14.9 Å². The van der Waals surface area contributed by atoms with E-state index in [0.29, 0.717) is 17.9 Å². The maximum Gasteiger partial charge on any atom is 0.0975 e. The van der Waals surface area contributed by atoms with Crippen molar-refractivity contribution in [2.75, 3.05) is 26.3 Å². The van der Waals surface area contributed by atoms with Crippen molar-refractivity contribution in [3.63, 3.8) is 0 Å². The van der Waals surface area contributed by atoms with Crippen LogP contribution in [0.25, 0.3) is 10.8 Å². The number of fused-ring (bicyclic) bond motifs is 2. The van der Waals surface area contributed by atoms with E-state index in [0.717, 1.165) is 38.8 Å². The van der Waals surface area contributed by atoms with E-state index in [4.69, 9.17) is 4.74 Å². The van der Waals surface area contributed by atoms with Crippen molar-refractivity contribution in [3.05, 3.63) is 77.7 Å². The Bertz CT molecular complexity index is 1400. The predicted molar refractivity (Wildman–Crippen MR) is 148 cm³/mol. The van der Waals surface area contributed by atoms with Gasteiger partial charge in [0.05, 0.1) is 24.4 Å². The Hall–Kier alpha value is -2.31. The minimum absolute atomic E-state index is 0.0512. The monoisotopic (exact) mass is 510 g/mol. The summed E-state index contributed by atoms with van der Waals surface area (Å²) in [6.07, 6.45) is 20.2. The van der Waals surface area contributed by atoms with Gasteiger partial charge in [0.2, 0.25) is 0 Å².